The van der Waals surface area contributed by atoms with E-state index < -0.39 is 24.3 Å². The maximum atomic E-state index is 14.1. The third-order valence-electron chi connectivity index (χ3n) is 3.13. The second-order valence-corrected chi connectivity index (χ2v) is 4.55. The summed E-state index contributed by atoms with van der Waals surface area (Å²) >= 11 is 0. The number of alkyl halides is 1. The van der Waals surface area contributed by atoms with Gasteiger partial charge in [-0.3, -0.25) is 0 Å². The summed E-state index contributed by atoms with van der Waals surface area (Å²) in [5.41, 5.74) is 0.410. The van der Waals surface area contributed by atoms with Crippen molar-refractivity contribution < 1.29 is 22.3 Å². The largest absolute Gasteiger partial charge is 0.460 e. The minimum absolute atomic E-state index is 0.0435. The number of rotatable bonds is 5. The van der Waals surface area contributed by atoms with Gasteiger partial charge >= 0.3 is 0 Å². The highest BCUT2D eigenvalue weighted by Gasteiger charge is 2.15. The van der Waals surface area contributed by atoms with E-state index in [1.165, 1.54) is 24.3 Å². The molecule has 0 aliphatic carbocycles. The average molecular weight is 298 g/mol. The number of aryl methyl sites for hydroxylation is 1. The molecule has 2 rings (SSSR count). The molecule has 21 heavy (non-hydrogen) atoms. The monoisotopic (exact) mass is 298 g/mol. The van der Waals surface area contributed by atoms with Crippen LogP contribution in [0.1, 0.15) is 18.9 Å². The van der Waals surface area contributed by atoms with Gasteiger partial charge in [0.15, 0.2) is 23.2 Å². The Morgan fingerprint density at radius 3 is 2.38 bits per heavy atom. The first kappa shape index (κ1) is 15.4. The van der Waals surface area contributed by atoms with Crippen molar-refractivity contribution >= 4 is 0 Å². The van der Waals surface area contributed by atoms with Gasteiger partial charge in [0.2, 0.25) is 6.86 Å². The van der Waals surface area contributed by atoms with E-state index in [9.17, 15) is 17.6 Å². The van der Waals surface area contributed by atoms with Gasteiger partial charge in [-0.1, -0.05) is 31.5 Å². The minimum atomic E-state index is -1.16. The molecule has 2 aromatic rings. The second-order valence-electron chi connectivity index (χ2n) is 4.55. The molecular formula is C16H14F4O. The summed E-state index contributed by atoms with van der Waals surface area (Å²) in [7, 11) is 0. The van der Waals surface area contributed by atoms with Gasteiger partial charge in [-0.05, 0) is 29.7 Å². The van der Waals surface area contributed by atoms with Crippen LogP contribution in [0.5, 0.6) is 5.75 Å². The fourth-order valence-electron chi connectivity index (χ4n) is 2.12. The van der Waals surface area contributed by atoms with Crippen LogP contribution in [-0.2, 0) is 6.42 Å². The summed E-state index contributed by atoms with van der Waals surface area (Å²) in [6.45, 7) is 0.704. The van der Waals surface area contributed by atoms with Crippen molar-refractivity contribution in [1.82, 2.24) is 0 Å². The van der Waals surface area contributed by atoms with E-state index in [0.717, 1.165) is 6.07 Å². The van der Waals surface area contributed by atoms with Gasteiger partial charge in [-0.2, -0.15) is 0 Å². The highest BCUT2D eigenvalue weighted by atomic mass is 19.2. The number of ether oxygens (including phenoxy) is 1. The Hall–Kier alpha value is -2.04. The van der Waals surface area contributed by atoms with Crippen LogP contribution in [0.3, 0.4) is 0 Å². The Balaban J connectivity index is 2.43. The average Bonchev–Trinajstić information content (AvgIpc) is 2.47. The Morgan fingerprint density at radius 2 is 1.76 bits per heavy atom. The Morgan fingerprint density at radius 1 is 1.00 bits per heavy atom. The topological polar surface area (TPSA) is 9.23 Å². The first-order chi connectivity index (χ1) is 10.1. The molecule has 0 unspecified atom stereocenters. The predicted molar refractivity (Wildman–Crippen MR) is 72.4 cm³/mol. The number of hydrogen-bond acceptors (Lipinski definition) is 1. The van der Waals surface area contributed by atoms with E-state index in [-0.39, 0.29) is 22.4 Å². The molecule has 0 amide bonds. The third-order valence-corrected chi connectivity index (χ3v) is 3.13. The minimum Gasteiger partial charge on any atom is -0.460 e. The molecule has 0 aliphatic heterocycles. The van der Waals surface area contributed by atoms with E-state index in [1.54, 1.807) is 0 Å². The van der Waals surface area contributed by atoms with E-state index in [1.807, 2.05) is 6.92 Å². The van der Waals surface area contributed by atoms with Crippen molar-refractivity contribution in [3.63, 3.8) is 0 Å². The van der Waals surface area contributed by atoms with E-state index >= 15 is 0 Å². The lowest BCUT2D eigenvalue weighted by Gasteiger charge is -2.10. The van der Waals surface area contributed by atoms with Gasteiger partial charge in [-0.25, -0.2) is 17.6 Å². The highest BCUT2D eigenvalue weighted by Crippen LogP contribution is 2.30. The van der Waals surface area contributed by atoms with Crippen molar-refractivity contribution in [2.45, 2.75) is 19.8 Å². The Kier molecular flexibility index (Phi) is 4.83. The summed E-state index contributed by atoms with van der Waals surface area (Å²) in [6.07, 6.45) is 1.13. The van der Waals surface area contributed by atoms with Gasteiger partial charge in [0, 0.05) is 5.56 Å². The lowest BCUT2D eigenvalue weighted by molar-refractivity contribution is 0.184. The summed E-state index contributed by atoms with van der Waals surface area (Å²) in [5, 5.41) is 0. The number of benzene rings is 2. The normalized spacial score (nSPS) is 10.7. The molecule has 0 N–H and O–H groups in total. The second kappa shape index (κ2) is 6.61. The summed E-state index contributed by atoms with van der Waals surface area (Å²) < 4.78 is 58.0. The number of hydrogen-bond donors (Lipinski definition) is 0. The van der Waals surface area contributed by atoms with Crippen LogP contribution in [0.15, 0.2) is 30.3 Å². The lowest BCUT2D eigenvalue weighted by atomic mass is 10.0. The van der Waals surface area contributed by atoms with Crippen molar-refractivity contribution in [1.29, 1.82) is 0 Å². The third kappa shape index (κ3) is 3.17. The molecular weight excluding hydrogens is 284 g/mol. The first-order valence-electron chi connectivity index (χ1n) is 6.54. The van der Waals surface area contributed by atoms with Crippen LogP contribution >= 0.6 is 0 Å². The molecule has 0 radical (unpaired) electrons. The Labute approximate surface area is 120 Å². The van der Waals surface area contributed by atoms with Crippen LogP contribution in [-0.4, -0.2) is 6.86 Å². The van der Waals surface area contributed by atoms with Crippen molar-refractivity contribution in [3.8, 4) is 16.9 Å². The van der Waals surface area contributed by atoms with Crippen molar-refractivity contribution in [2.24, 2.45) is 0 Å². The summed E-state index contributed by atoms with van der Waals surface area (Å²) in [4.78, 5) is 0. The zero-order chi connectivity index (χ0) is 15.4. The molecule has 0 saturated carbocycles. The molecule has 0 fully saturated rings. The lowest BCUT2D eigenvalue weighted by Crippen LogP contribution is -1.98. The fourth-order valence-corrected chi connectivity index (χ4v) is 2.12. The van der Waals surface area contributed by atoms with Gasteiger partial charge in [-0.15, -0.1) is 0 Å². The quantitative estimate of drug-likeness (QED) is 0.703. The van der Waals surface area contributed by atoms with Gasteiger partial charge in [0.25, 0.3) is 0 Å². The predicted octanol–water partition coefficient (Wildman–Crippen LogP) is 5.03. The molecule has 0 saturated heterocycles. The molecule has 112 valence electrons. The molecule has 5 heteroatoms. The number of halogens is 4. The standard InChI is InChI=1S/C16H14F4O/c1-2-3-10-4-6-12(16(20)15(10)19)11-5-7-14(21-9-17)13(18)8-11/h4-8H,2-3,9H2,1H3. The van der Waals surface area contributed by atoms with Gasteiger partial charge in [0.05, 0.1) is 0 Å². The molecule has 0 bridgehead atoms. The SMILES string of the molecule is CCCc1ccc(-c2ccc(OCF)c(F)c2)c(F)c1F. The zero-order valence-electron chi connectivity index (χ0n) is 11.4. The van der Waals surface area contributed by atoms with Gasteiger partial charge in [0.1, 0.15) is 0 Å². The summed E-state index contributed by atoms with van der Waals surface area (Å²) in [6, 6.07) is 6.42. The summed E-state index contributed by atoms with van der Waals surface area (Å²) in [5.74, 6) is -3.04. The molecule has 0 spiro atoms. The zero-order valence-corrected chi connectivity index (χ0v) is 11.4. The molecule has 0 heterocycles. The fraction of sp³-hybridized carbons (Fsp3) is 0.250. The van der Waals surface area contributed by atoms with Crippen LogP contribution < -0.4 is 4.74 Å². The molecule has 0 aliphatic rings. The maximum Gasteiger partial charge on any atom is 0.228 e. The molecule has 0 aromatic heterocycles. The van der Waals surface area contributed by atoms with Crippen molar-refractivity contribution in [2.75, 3.05) is 6.86 Å². The van der Waals surface area contributed by atoms with E-state index in [2.05, 4.69) is 4.74 Å². The van der Waals surface area contributed by atoms with E-state index in [4.69, 9.17) is 0 Å². The maximum absolute atomic E-state index is 14.1. The van der Waals surface area contributed by atoms with E-state index in [0.29, 0.717) is 12.8 Å². The highest BCUT2D eigenvalue weighted by molar-refractivity contribution is 5.65. The van der Waals surface area contributed by atoms with Crippen LogP contribution in [0, 0.1) is 17.5 Å². The van der Waals surface area contributed by atoms with Crippen molar-refractivity contribution in [3.05, 3.63) is 53.3 Å². The molecule has 2 aromatic carbocycles. The van der Waals surface area contributed by atoms with Crippen LogP contribution in [0.25, 0.3) is 11.1 Å². The first-order valence-corrected chi connectivity index (χ1v) is 6.54. The van der Waals surface area contributed by atoms with Gasteiger partial charge < -0.3 is 4.74 Å². The molecule has 1 nitrogen and oxygen atoms in total. The smallest absolute Gasteiger partial charge is 0.228 e. The van der Waals surface area contributed by atoms with Crippen LogP contribution in [0.2, 0.25) is 0 Å². The van der Waals surface area contributed by atoms with Crippen LogP contribution in [0.4, 0.5) is 17.6 Å². The Bertz CT molecular complexity index is 640. The molecule has 0 atom stereocenters.